The zero-order valence-corrected chi connectivity index (χ0v) is 9.54. The highest BCUT2D eigenvalue weighted by Gasteiger charge is 2.10. The molecule has 0 saturated heterocycles. The second-order valence-electron chi connectivity index (χ2n) is 3.71. The normalized spacial score (nSPS) is 11.1. The lowest BCUT2D eigenvalue weighted by atomic mass is 10.2. The van der Waals surface area contributed by atoms with Crippen LogP contribution >= 0.6 is 12.2 Å². The van der Waals surface area contributed by atoms with Gasteiger partial charge in [-0.1, -0.05) is 13.8 Å². The molecule has 4 nitrogen and oxygen atoms in total. The minimum atomic E-state index is 0.341. The Labute approximate surface area is 92.9 Å². The predicted molar refractivity (Wildman–Crippen MR) is 59.3 cm³/mol. The van der Waals surface area contributed by atoms with Crippen molar-refractivity contribution >= 4 is 12.2 Å². The molecule has 0 unspecified atom stereocenters. The van der Waals surface area contributed by atoms with E-state index in [9.17, 15) is 0 Å². The quantitative estimate of drug-likeness (QED) is 0.814. The number of aromatic nitrogens is 3. The second-order valence-corrected chi connectivity index (χ2v) is 4.09. The first kappa shape index (κ1) is 10.2. The summed E-state index contributed by atoms with van der Waals surface area (Å²) in [6.45, 7) is 4.81. The fourth-order valence-electron chi connectivity index (χ4n) is 1.48. The van der Waals surface area contributed by atoms with Crippen molar-refractivity contribution in [1.29, 1.82) is 0 Å². The Bertz CT molecular complexity index is 481. The van der Waals surface area contributed by atoms with Crippen molar-refractivity contribution in [3.63, 3.8) is 0 Å². The molecule has 0 saturated carbocycles. The average molecular weight is 223 g/mol. The summed E-state index contributed by atoms with van der Waals surface area (Å²) in [6.07, 6.45) is 1.66. The number of nitrogens with zero attached hydrogens (tertiary/aromatic N) is 2. The van der Waals surface area contributed by atoms with Crippen LogP contribution in [0.5, 0.6) is 0 Å². The molecule has 0 radical (unpaired) electrons. The van der Waals surface area contributed by atoms with Gasteiger partial charge in [0.25, 0.3) is 0 Å². The summed E-state index contributed by atoms with van der Waals surface area (Å²) < 4.78 is 7.88. The van der Waals surface area contributed by atoms with Crippen molar-refractivity contribution in [3.8, 4) is 0 Å². The maximum atomic E-state index is 5.29. The third kappa shape index (κ3) is 2.02. The van der Waals surface area contributed by atoms with Crippen molar-refractivity contribution < 1.29 is 4.42 Å². The van der Waals surface area contributed by atoms with E-state index in [2.05, 4.69) is 24.0 Å². The summed E-state index contributed by atoms with van der Waals surface area (Å²) in [5, 5.41) is 7.01. The molecule has 2 rings (SSSR count). The van der Waals surface area contributed by atoms with Crippen LogP contribution in [0, 0.1) is 4.77 Å². The summed E-state index contributed by atoms with van der Waals surface area (Å²) in [5.41, 5.74) is 0. The van der Waals surface area contributed by atoms with Gasteiger partial charge in [-0.2, -0.15) is 5.10 Å². The molecule has 1 N–H and O–H groups in total. The lowest BCUT2D eigenvalue weighted by Crippen LogP contribution is -2.06. The van der Waals surface area contributed by atoms with Crippen LogP contribution < -0.4 is 0 Å². The lowest BCUT2D eigenvalue weighted by Gasteiger charge is -2.06. The van der Waals surface area contributed by atoms with E-state index < -0.39 is 0 Å². The highest BCUT2D eigenvalue weighted by molar-refractivity contribution is 7.71. The van der Waals surface area contributed by atoms with E-state index in [1.165, 1.54) is 0 Å². The van der Waals surface area contributed by atoms with E-state index in [4.69, 9.17) is 16.6 Å². The van der Waals surface area contributed by atoms with Crippen molar-refractivity contribution in [2.45, 2.75) is 26.3 Å². The van der Waals surface area contributed by atoms with Gasteiger partial charge in [0.1, 0.15) is 11.6 Å². The maximum absolute atomic E-state index is 5.29. The Morgan fingerprint density at radius 3 is 3.00 bits per heavy atom. The van der Waals surface area contributed by atoms with Crippen LogP contribution in [0.15, 0.2) is 22.8 Å². The van der Waals surface area contributed by atoms with Gasteiger partial charge < -0.3 is 4.42 Å². The van der Waals surface area contributed by atoms with Crippen LogP contribution in [0.3, 0.4) is 0 Å². The fourth-order valence-corrected chi connectivity index (χ4v) is 1.69. The fraction of sp³-hybridized carbons (Fsp3) is 0.400. The Morgan fingerprint density at radius 1 is 1.60 bits per heavy atom. The number of H-pyrrole nitrogens is 1. The number of hydrogen-bond donors (Lipinski definition) is 1. The molecule has 0 amide bonds. The monoisotopic (exact) mass is 223 g/mol. The molecule has 5 heteroatoms. The smallest absolute Gasteiger partial charge is 0.195 e. The number of rotatable bonds is 3. The van der Waals surface area contributed by atoms with Gasteiger partial charge in [0, 0.05) is 5.92 Å². The van der Waals surface area contributed by atoms with E-state index >= 15 is 0 Å². The molecule has 0 aliphatic rings. The number of nitrogens with one attached hydrogen (secondary N) is 1. The minimum absolute atomic E-state index is 0.341. The van der Waals surface area contributed by atoms with E-state index in [0.717, 1.165) is 11.6 Å². The van der Waals surface area contributed by atoms with Crippen LogP contribution in [0.25, 0.3) is 0 Å². The van der Waals surface area contributed by atoms with Gasteiger partial charge in [0.05, 0.1) is 12.8 Å². The van der Waals surface area contributed by atoms with E-state index in [1.807, 2.05) is 16.7 Å². The van der Waals surface area contributed by atoms with E-state index in [-0.39, 0.29) is 0 Å². The molecule has 0 aliphatic carbocycles. The zero-order chi connectivity index (χ0) is 10.8. The molecule has 2 aromatic heterocycles. The molecular formula is C10H13N3OS. The molecule has 0 fully saturated rings. The first-order valence-corrected chi connectivity index (χ1v) is 5.27. The topological polar surface area (TPSA) is 46.8 Å². The average Bonchev–Trinajstić information content (AvgIpc) is 2.78. The van der Waals surface area contributed by atoms with Crippen molar-refractivity contribution in [2.75, 3.05) is 0 Å². The third-order valence-corrected chi connectivity index (χ3v) is 2.51. The molecule has 0 atom stereocenters. The van der Waals surface area contributed by atoms with Crippen LogP contribution in [-0.4, -0.2) is 14.8 Å². The molecule has 2 aromatic rings. The van der Waals surface area contributed by atoms with Crippen LogP contribution in [0.1, 0.15) is 31.4 Å². The molecule has 0 bridgehead atoms. The SMILES string of the molecule is CC(C)c1n[nH]c(=S)n1Cc1ccco1. The minimum Gasteiger partial charge on any atom is -0.467 e. The van der Waals surface area contributed by atoms with Gasteiger partial charge in [0.15, 0.2) is 4.77 Å². The first-order chi connectivity index (χ1) is 7.18. The molecule has 2 heterocycles. The van der Waals surface area contributed by atoms with Gasteiger partial charge in [-0.15, -0.1) is 0 Å². The van der Waals surface area contributed by atoms with E-state index in [1.54, 1.807) is 6.26 Å². The van der Waals surface area contributed by atoms with Crippen LogP contribution in [-0.2, 0) is 6.54 Å². The molecular weight excluding hydrogens is 210 g/mol. The highest BCUT2D eigenvalue weighted by atomic mass is 32.1. The largest absolute Gasteiger partial charge is 0.467 e. The predicted octanol–water partition coefficient (Wildman–Crippen LogP) is 2.71. The Balaban J connectivity index is 2.35. The van der Waals surface area contributed by atoms with Crippen LogP contribution in [0.4, 0.5) is 0 Å². The van der Waals surface area contributed by atoms with E-state index in [0.29, 0.717) is 17.2 Å². The number of aromatic amines is 1. The van der Waals surface area contributed by atoms with Crippen molar-refractivity contribution in [1.82, 2.24) is 14.8 Å². The van der Waals surface area contributed by atoms with Gasteiger partial charge in [-0.25, -0.2) is 0 Å². The maximum Gasteiger partial charge on any atom is 0.195 e. The number of hydrogen-bond acceptors (Lipinski definition) is 3. The summed E-state index contributed by atoms with van der Waals surface area (Å²) in [7, 11) is 0. The van der Waals surface area contributed by atoms with Gasteiger partial charge in [-0.05, 0) is 24.4 Å². The van der Waals surface area contributed by atoms with Gasteiger partial charge in [-0.3, -0.25) is 9.67 Å². The summed E-state index contributed by atoms with van der Waals surface area (Å²) >= 11 is 5.17. The first-order valence-electron chi connectivity index (χ1n) is 4.86. The second kappa shape index (κ2) is 4.02. The van der Waals surface area contributed by atoms with Crippen molar-refractivity contribution in [2.24, 2.45) is 0 Å². The van der Waals surface area contributed by atoms with Crippen molar-refractivity contribution in [3.05, 3.63) is 34.8 Å². The lowest BCUT2D eigenvalue weighted by molar-refractivity contribution is 0.484. The summed E-state index contributed by atoms with van der Waals surface area (Å²) in [4.78, 5) is 0. The zero-order valence-electron chi connectivity index (χ0n) is 8.73. The Morgan fingerprint density at radius 2 is 2.40 bits per heavy atom. The van der Waals surface area contributed by atoms with Gasteiger partial charge in [0.2, 0.25) is 0 Å². The number of furan rings is 1. The third-order valence-electron chi connectivity index (χ3n) is 2.20. The van der Waals surface area contributed by atoms with Gasteiger partial charge >= 0.3 is 0 Å². The highest BCUT2D eigenvalue weighted by Crippen LogP contribution is 2.13. The summed E-state index contributed by atoms with van der Waals surface area (Å²) in [5.74, 6) is 2.18. The summed E-state index contributed by atoms with van der Waals surface area (Å²) in [6, 6.07) is 3.80. The molecule has 0 aliphatic heterocycles. The Hall–Kier alpha value is -1.36. The standard InChI is InChI=1S/C10H13N3OS/c1-7(2)9-11-12-10(15)13(9)6-8-4-3-5-14-8/h3-5,7H,6H2,1-2H3,(H,12,15). The molecule has 0 aromatic carbocycles. The molecule has 15 heavy (non-hydrogen) atoms. The molecule has 0 spiro atoms. The van der Waals surface area contributed by atoms with Crippen LogP contribution in [0.2, 0.25) is 0 Å². The molecule has 80 valence electrons. The Kier molecular flexibility index (Phi) is 2.73.